The van der Waals surface area contributed by atoms with E-state index < -0.39 is 12.0 Å². The topological polar surface area (TPSA) is 74.2 Å². The molecule has 0 fully saturated rings. The van der Waals surface area contributed by atoms with Crippen LogP contribution >= 0.6 is 12.2 Å². The molecule has 0 aliphatic rings. The maximum absolute atomic E-state index is 13.0. The van der Waals surface area contributed by atoms with E-state index in [0.29, 0.717) is 5.56 Å². The zero-order chi connectivity index (χ0) is 15.9. The van der Waals surface area contributed by atoms with Gasteiger partial charge in [0, 0.05) is 18.1 Å². The summed E-state index contributed by atoms with van der Waals surface area (Å²) in [7, 11) is 0. The molecule has 0 radical (unpaired) electrons. The van der Waals surface area contributed by atoms with Crippen molar-refractivity contribution in [1.29, 1.82) is 0 Å². The number of anilines is 1. The molecule has 5 nitrogen and oxygen atoms in total. The second-order valence-electron chi connectivity index (χ2n) is 4.54. The van der Waals surface area contributed by atoms with Crippen LogP contribution in [0.15, 0.2) is 48.8 Å². The highest BCUT2D eigenvalue weighted by molar-refractivity contribution is 7.80. The Morgan fingerprint density at radius 2 is 1.86 bits per heavy atom. The van der Waals surface area contributed by atoms with Crippen LogP contribution < -0.4 is 10.6 Å². The van der Waals surface area contributed by atoms with Gasteiger partial charge >= 0.3 is 5.97 Å². The van der Waals surface area contributed by atoms with Gasteiger partial charge in [0.1, 0.15) is 5.82 Å². The Bertz CT molecular complexity index is 650. The van der Waals surface area contributed by atoms with E-state index >= 15 is 0 Å². The summed E-state index contributed by atoms with van der Waals surface area (Å²) < 4.78 is 13.0. The van der Waals surface area contributed by atoms with Gasteiger partial charge in [0.25, 0.3) is 0 Å². The average molecular weight is 319 g/mol. The highest BCUT2D eigenvalue weighted by atomic mass is 32.1. The summed E-state index contributed by atoms with van der Waals surface area (Å²) in [6, 6.07) is 8.54. The third-order valence-corrected chi connectivity index (χ3v) is 3.11. The van der Waals surface area contributed by atoms with Crippen molar-refractivity contribution in [2.45, 2.75) is 12.5 Å². The fourth-order valence-electron chi connectivity index (χ4n) is 1.88. The maximum Gasteiger partial charge on any atom is 0.305 e. The quantitative estimate of drug-likeness (QED) is 0.736. The minimum absolute atomic E-state index is 0.177. The Labute approximate surface area is 132 Å². The van der Waals surface area contributed by atoms with Crippen LogP contribution in [-0.4, -0.2) is 21.2 Å². The van der Waals surface area contributed by atoms with E-state index in [1.54, 1.807) is 24.5 Å². The Kier molecular flexibility index (Phi) is 5.37. The van der Waals surface area contributed by atoms with Crippen LogP contribution in [0.4, 0.5) is 10.1 Å². The summed E-state index contributed by atoms with van der Waals surface area (Å²) in [5.41, 5.74) is 1.38. The second kappa shape index (κ2) is 7.46. The number of aliphatic carboxylic acids is 1. The van der Waals surface area contributed by atoms with Crippen LogP contribution in [0.5, 0.6) is 0 Å². The first-order chi connectivity index (χ1) is 10.5. The van der Waals surface area contributed by atoms with E-state index in [4.69, 9.17) is 17.3 Å². The molecule has 1 heterocycles. The monoisotopic (exact) mass is 319 g/mol. The number of aromatic nitrogens is 1. The van der Waals surface area contributed by atoms with E-state index in [9.17, 15) is 9.18 Å². The van der Waals surface area contributed by atoms with Crippen molar-refractivity contribution in [2.75, 3.05) is 5.32 Å². The number of pyridine rings is 1. The number of hydrogen-bond acceptors (Lipinski definition) is 3. The van der Waals surface area contributed by atoms with E-state index in [0.717, 1.165) is 5.69 Å². The predicted molar refractivity (Wildman–Crippen MR) is 85.0 cm³/mol. The Hall–Kier alpha value is -2.54. The predicted octanol–water partition coefficient (Wildman–Crippen LogP) is 2.72. The smallest absolute Gasteiger partial charge is 0.305 e. The summed E-state index contributed by atoms with van der Waals surface area (Å²) >= 11 is 5.18. The fraction of sp³-hybridized carbons (Fsp3) is 0.133. The molecule has 0 amide bonds. The number of thiocarbonyl (C=S) groups is 1. The summed E-state index contributed by atoms with van der Waals surface area (Å²) in [4.78, 5) is 14.9. The molecule has 0 aliphatic heterocycles. The average Bonchev–Trinajstić information content (AvgIpc) is 2.48. The van der Waals surface area contributed by atoms with Crippen LogP contribution in [-0.2, 0) is 4.79 Å². The highest BCUT2D eigenvalue weighted by Crippen LogP contribution is 2.18. The molecule has 114 valence electrons. The molecule has 0 spiro atoms. The molecule has 2 rings (SSSR count). The number of nitrogens with one attached hydrogen (secondary N) is 2. The molecule has 3 N–H and O–H groups in total. The fourth-order valence-corrected chi connectivity index (χ4v) is 2.14. The summed E-state index contributed by atoms with van der Waals surface area (Å²) in [5, 5.41) is 15.2. The Balaban J connectivity index is 2.07. The molecule has 0 saturated heterocycles. The number of nitrogens with zero attached hydrogens (tertiary/aromatic N) is 1. The minimum atomic E-state index is -0.978. The van der Waals surface area contributed by atoms with Crippen molar-refractivity contribution in [1.82, 2.24) is 10.3 Å². The summed E-state index contributed by atoms with van der Waals surface area (Å²) in [6.07, 6.45) is 3.04. The van der Waals surface area contributed by atoms with Crippen LogP contribution in [0.2, 0.25) is 0 Å². The van der Waals surface area contributed by atoms with E-state index in [-0.39, 0.29) is 17.4 Å². The molecule has 22 heavy (non-hydrogen) atoms. The third kappa shape index (κ3) is 4.78. The molecule has 0 saturated carbocycles. The van der Waals surface area contributed by atoms with Gasteiger partial charge in [-0.1, -0.05) is 12.1 Å². The van der Waals surface area contributed by atoms with Gasteiger partial charge in [-0.3, -0.25) is 9.78 Å². The van der Waals surface area contributed by atoms with Crippen molar-refractivity contribution in [3.63, 3.8) is 0 Å². The zero-order valence-corrected chi connectivity index (χ0v) is 12.3. The molecule has 1 unspecified atom stereocenters. The van der Waals surface area contributed by atoms with Crippen molar-refractivity contribution in [3.05, 3.63) is 60.2 Å². The van der Waals surface area contributed by atoms with Gasteiger partial charge in [-0.05, 0) is 42.0 Å². The van der Waals surface area contributed by atoms with Gasteiger partial charge in [-0.15, -0.1) is 0 Å². The van der Waals surface area contributed by atoms with Gasteiger partial charge in [-0.2, -0.15) is 0 Å². The number of carbonyl (C=O) groups is 1. The second-order valence-corrected chi connectivity index (χ2v) is 4.94. The minimum Gasteiger partial charge on any atom is -0.481 e. The molecule has 0 aliphatic carbocycles. The van der Waals surface area contributed by atoms with Gasteiger partial charge in [0.2, 0.25) is 0 Å². The van der Waals surface area contributed by atoms with Crippen molar-refractivity contribution >= 4 is 29.0 Å². The van der Waals surface area contributed by atoms with Gasteiger partial charge in [-0.25, -0.2) is 4.39 Å². The van der Waals surface area contributed by atoms with Crippen molar-refractivity contribution in [2.24, 2.45) is 0 Å². The first-order valence-electron chi connectivity index (χ1n) is 6.49. The lowest BCUT2D eigenvalue weighted by Gasteiger charge is -2.20. The standard InChI is InChI=1S/C15H14FN3O2S/c16-11-3-1-10(2-4-11)13(9-14(20)21)19-15(22)18-12-5-7-17-8-6-12/h1-8,13H,9H2,(H,20,21)(H2,17,18,19,22). The van der Waals surface area contributed by atoms with Crippen LogP contribution in [0.3, 0.4) is 0 Å². The largest absolute Gasteiger partial charge is 0.481 e. The molecule has 1 atom stereocenters. The molecular formula is C15H14FN3O2S. The van der Waals surface area contributed by atoms with Crippen molar-refractivity contribution in [3.8, 4) is 0 Å². The molecule has 1 aromatic carbocycles. The van der Waals surface area contributed by atoms with Crippen LogP contribution in [0.1, 0.15) is 18.0 Å². The number of benzene rings is 1. The van der Waals surface area contributed by atoms with Gasteiger partial charge in [0.05, 0.1) is 12.5 Å². The molecule has 7 heteroatoms. The Morgan fingerprint density at radius 3 is 2.45 bits per heavy atom. The summed E-state index contributed by atoms with van der Waals surface area (Å²) in [6.45, 7) is 0. The highest BCUT2D eigenvalue weighted by Gasteiger charge is 2.16. The van der Waals surface area contributed by atoms with Crippen LogP contribution in [0, 0.1) is 5.82 Å². The lowest BCUT2D eigenvalue weighted by molar-refractivity contribution is -0.137. The van der Waals surface area contributed by atoms with Gasteiger partial charge < -0.3 is 15.7 Å². The van der Waals surface area contributed by atoms with E-state index in [1.165, 1.54) is 24.3 Å². The van der Waals surface area contributed by atoms with E-state index in [1.807, 2.05) is 0 Å². The van der Waals surface area contributed by atoms with Crippen molar-refractivity contribution < 1.29 is 14.3 Å². The molecular weight excluding hydrogens is 305 g/mol. The lowest BCUT2D eigenvalue weighted by atomic mass is 10.0. The van der Waals surface area contributed by atoms with E-state index in [2.05, 4.69) is 15.6 Å². The normalized spacial score (nSPS) is 11.5. The molecule has 0 bridgehead atoms. The maximum atomic E-state index is 13.0. The SMILES string of the molecule is O=C(O)CC(NC(=S)Nc1ccncc1)c1ccc(F)cc1. The number of rotatable bonds is 5. The zero-order valence-electron chi connectivity index (χ0n) is 11.5. The number of carboxylic acid groups (broad SMARTS) is 1. The number of halogens is 1. The molecule has 2 aromatic rings. The first kappa shape index (κ1) is 15.8. The number of hydrogen-bond donors (Lipinski definition) is 3. The van der Waals surface area contributed by atoms with Gasteiger partial charge in [0.15, 0.2) is 5.11 Å². The Morgan fingerprint density at radius 1 is 1.23 bits per heavy atom. The molecule has 1 aromatic heterocycles. The number of carboxylic acids is 1. The van der Waals surface area contributed by atoms with Crippen LogP contribution in [0.25, 0.3) is 0 Å². The first-order valence-corrected chi connectivity index (χ1v) is 6.90. The lowest BCUT2D eigenvalue weighted by Crippen LogP contribution is -2.33. The summed E-state index contributed by atoms with van der Waals surface area (Å²) in [5.74, 6) is -1.36. The third-order valence-electron chi connectivity index (χ3n) is 2.89.